The Bertz CT molecular complexity index is 469. The molecule has 1 aromatic heterocycles. The lowest BCUT2D eigenvalue weighted by Gasteiger charge is -2.16. The molecule has 0 radical (unpaired) electrons. The maximum atomic E-state index is 11.4. The molecule has 1 aromatic rings. The van der Waals surface area contributed by atoms with Crippen LogP contribution in [0, 0.1) is 0 Å². The summed E-state index contributed by atoms with van der Waals surface area (Å²) in [6.45, 7) is 4.21. The number of hydrogen-bond acceptors (Lipinski definition) is 6. The second-order valence-corrected chi connectivity index (χ2v) is 5.60. The van der Waals surface area contributed by atoms with Gasteiger partial charge in [-0.25, -0.2) is 15.4 Å². The van der Waals surface area contributed by atoms with Crippen LogP contribution in [-0.2, 0) is 9.63 Å². The second kappa shape index (κ2) is 7.66. The Morgan fingerprint density at radius 2 is 2.25 bits per heavy atom. The lowest BCUT2D eigenvalue weighted by molar-refractivity contribution is -0.130. The molecule has 1 amide bonds. The van der Waals surface area contributed by atoms with Crippen molar-refractivity contribution in [2.75, 3.05) is 30.3 Å². The third kappa shape index (κ3) is 4.50. The maximum absolute atomic E-state index is 11.4. The van der Waals surface area contributed by atoms with Crippen molar-refractivity contribution in [3.8, 4) is 0 Å². The lowest BCUT2D eigenvalue weighted by atomic mass is 10.4. The van der Waals surface area contributed by atoms with E-state index in [4.69, 9.17) is 16.4 Å². The molecule has 1 aliphatic rings. The van der Waals surface area contributed by atoms with Crippen LogP contribution in [0.25, 0.3) is 0 Å². The Labute approximate surface area is 127 Å². The highest BCUT2D eigenvalue weighted by atomic mass is 35.5. The van der Waals surface area contributed by atoms with E-state index in [1.165, 1.54) is 24.6 Å². The standard InChI is InChI=1S/C12H17ClN4O2S/c1-2-19-16-11(18)8-20-12-14-9(13)7-10(15-12)17-5-3-4-6-17/h7H,2-6,8H2,1H3,(H,16,18). The van der Waals surface area contributed by atoms with Crippen molar-refractivity contribution in [1.29, 1.82) is 0 Å². The molecule has 0 aliphatic carbocycles. The molecule has 8 heteroatoms. The largest absolute Gasteiger partial charge is 0.356 e. The molecule has 20 heavy (non-hydrogen) atoms. The van der Waals surface area contributed by atoms with Crippen LogP contribution < -0.4 is 10.4 Å². The number of nitrogens with zero attached hydrogens (tertiary/aromatic N) is 3. The van der Waals surface area contributed by atoms with Crippen molar-refractivity contribution >= 4 is 35.1 Å². The summed E-state index contributed by atoms with van der Waals surface area (Å²) in [7, 11) is 0. The van der Waals surface area contributed by atoms with Crippen LogP contribution in [0.4, 0.5) is 5.82 Å². The van der Waals surface area contributed by atoms with E-state index >= 15 is 0 Å². The molecule has 0 spiro atoms. The summed E-state index contributed by atoms with van der Waals surface area (Å²) in [5.74, 6) is 0.804. The van der Waals surface area contributed by atoms with Crippen LogP contribution in [-0.4, -0.2) is 41.3 Å². The molecule has 0 bridgehead atoms. The third-order valence-electron chi connectivity index (χ3n) is 2.75. The average Bonchev–Trinajstić information content (AvgIpc) is 2.96. The monoisotopic (exact) mass is 316 g/mol. The molecule has 6 nitrogen and oxygen atoms in total. The Morgan fingerprint density at radius 3 is 2.95 bits per heavy atom. The number of anilines is 1. The highest BCUT2D eigenvalue weighted by Crippen LogP contribution is 2.24. The number of carbonyl (C=O) groups excluding carboxylic acids is 1. The molecule has 0 unspecified atom stereocenters. The first-order valence-electron chi connectivity index (χ1n) is 6.52. The number of thioether (sulfide) groups is 1. The fraction of sp³-hybridized carbons (Fsp3) is 0.583. The summed E-state index contributed by atoms with van der Waals surface area (Å²) in [6, 6.07) is 1.76. The van der Waals surface area contributed by atoms with Gasteiger partial charge in [0.05, 0.1) is 12.4 Å². The molecule has 2 rings (SSSR count). The van der Waals surface area contributed by atoms with Crippen molar-refractivity contribution in [3.05, 3.63) is 11.2 Å². The van der Waals surface area contributed by atoms with Gasteiger partial charge in [-0.05, 0) is 19.8 Å². The maximum Gasteiger partial charge on any atom is 0.254 e. The number of carbonyl (C=O) groups is 1. The summed E-state index contributed by atoms with van der Waals surface area (Å²) in [4.78, 5) is 27.0. The summed E-state index contributed by atoms with van der Waals surface area (Å²) in [5.41, 5.74) is 2.33. The van der Waals surface area contributed by atoms with Crippen molar-refractivity contribution in [2.24, 2.45) is 0 Å². The van der Waals surface area contributed by atoms with Crippen molar-refractivity contribution in [3.63, 3.8) is 0 Å². The predicted octanol–water partition coefficient (Wildman–Crippen LogP) is 1.89. The minimum atomic E-state index is -0.219. The molecule has 1 aliphatic heterocycles. The van der Waals surface area contributed by atoms with Gasteiger partial charge < -0.3 is 4.90 Å². The summed E-state index contributed by atoms with van der Waals surface area (Å²) in [6.07, 6.45) is 2.34. The van der Waals surface area contributed by atoms with E-state index in [1.807, 2.05) is 0 Å². The van der Waals surface area contributed by atoms with E-state index in [2.05, 4.69) is 20.3 Å². The van der Waals surface area contributed by atoms with Crippen LogP contribution in [0.15, 0.2) is 11.2 Å². The molecule has 110 valence electrons. The van der Waals surface area contributed by atoms with Gasteiger partial charge in [-0.3, -0.25) is 9.63 Å². The zero-order valence-corrected chi connectivity index (χ0v) is 12.8. The van der Waals surface area contributed by atoms with Gasteiger partial charge in [0.25, 0.3) is 5.91 Å². The average molecular weight is 317 g/mol. The zero-order valence-electron chi connectivity index (χ0n) is 11.3. The van der Waals surface area contributed by atoms with E-state index in [1.54, 1.807) is 13.0 Å². The van der Waals surface area contributed by atoms with Crippen molar-refractivity contribution in [2.45, 2.75) is 24.9 Å². The van der Waals surface area contributed by atoms with Crippen LogP contribution >= 0.6 is 23.4 Å². The van der Waals surface area contributed by atoms with Crippen LogP contribution in [0.1, 0.15) is 19.8 Å². The summed E-state index contributed by atoms with van der Waals surface area (Å²) >= 11 is 7.25. The van der Waals surface area contributed by atoms with E-state index < -0.39 is 0 Å². The van der Waals surface area contributed by atoms with Gasteiger partial charge in [-0.1, -0.05) is 23.4 Å². The first kappa shape index (κ1) is 15.3. The zero-order chi connectivity index (χ0) is 14.4. The number of aromatic nitrogens is 2. The number of hydrogen-bond donors (Lipinski definition) is 1. The highest BCUT2D eigenvalue weighted by molar-refractivity contribution is 7.99. The molecule has 0 atom stereocenters. The molecule has 1 saturated heterocycles. The van der Waals surface area contributed by atoms with Crippen molar-refractivity contribution < 1.29 is 9.63 Å². The summed E-state index contributed by atoms with van der Waals surface area (Å²) < 4.78 is 0. The normalized spacial score (nSPS) is 14.6. The fourth-order valence-corrected chi connectivity index (χ4v) is 2.74. The minimum Gasteiger partial charge on any atom is -0.356 e. The smallest absolute Gasteiger partial charge is 0.254 e. The number of amides is 1. The Hall–Kier alpha value is -1.05. The number of rotatable bonds is 6. The highest BCUT2D eigenvalue weighted by Gasteiger charge is 2.16. The van der Waals surface area contributed by atoms with E-state index in [0.717, 1.165) is 18.9 Å². The molecular weight excluding hydrogens is 300 g/mol. The molecule has 1 fully saturated rings. The topological polar surface area (TPSA) is 67.3 Å². The Kier molecular flexibility index (Phi) is 5.87. The molecule has 1 N–H and O–H groups in total. The van der Waals surface area contributed by atoms with Gasteiger partial charge in [0.15, 0.2) is 5.16 Å². The second-order valence-electron chi connectivity index (χ2n) is 4.27. The van der Waals surface area contributed by atoms with E-state index in [0.29, 0.717) is 16.9 Å². The van der Waals surface area contributed by atoms with Crippen molar-refractivity contribution in [1.82, 2.24) is 15.4 Å². The number of hydroxylamine groups is 1. The van der Waals surface area contributed by atoms with Gasteiger partial charge in [0.1, 0.15) is 11.0 Å². The molecule has 0 aromatic carbocycles. The Morgan fingerprint density at radius 1 is 1.50 bits per heavy atom. The Balaban J connectivity index is 1.95. The fourth-order valence-electron chi connectivity index (χ4n) is 1.87. The van der Waals surface area contributed by atoms with E-state index in [-0.39, 0.29) is 11.7 Å². The van der Waals surface area contributed by atoms with Crippen LogP contribution in [0.3, 0.4) is 0 Å². The minimum absolute atomic E-state index is 0.194. The van der Waals surface area contributed by atoms with Gasteiger partial charge in [0, 0.05) is 19.2 Å². The predicted molar refractivity (Wildman–Crippen MR) is 79.0 cm³/mol. The molecular formula is C12H17ClN4O2S. The summed E-state index contributed by atoms with van der Waals surface area (Å²) in [5, 5.41) is 0.903. The lowest BCUT2D eigenvalue weighted by Crippen LogP contribution is -2.25. The number of halogens is 1. The van der Waals surface area contributed by atoms with Gasteiger partial charge >= 0.3 is 0 Å². The third-order valence-corrected chi connectivity index (χ3v) is 3.79. The van der Waals surface area contributed by atoms with Crippen LogP contribution in [0.2, 0.25) is 5.15 Å². The van der Waals surface area contributed by atoms with Gasteiger partial charge in [-0.15, -0.1) is 0 Å². The molecule has 0 saturated carbocycles. The first-order valence-corrected chi connectivity index (χ1v) is 7.88. The molecule has 2 heterocycles. The SMILES string of the molecule is CCONC(=O)CSc1nc(Cl)cc(N2CCCC2)n1. The quantitative estimate of drug-likeness (QED) is 0.374. The number of nitrogens with one attached hydrogen (secondary N) is 1. The van der Waals surface area contributed by atoms with E-state index in [9.17, 15) is 4.79 Å². The van der Waals surface area contributed by atoms with Gasteiger partial charge in [-0.2, -0.15) is 0 Å². The van der Waals surface area contributed by atoms with Crippen LogP contribution in [0.5, 0.6) is 0 Å². The van der Waals surface area contributed by atoms with Gasteiger partial charge in [0.2, 0.25) is 0 Å². The first-order chi connectivity index (χ1) is 9.69.